The Morgan fingerprint density at radius 1 is 1.50 bits per heavy atom. The lowest BCUT2D eigenvalue weighted by molar-refractivity contribution is 0.0601. The number of aliphatic hydroxyl groups is 1. The normalized spacial score (nSPS) is 19.0. The highest BCUT2D eigenvalue weighted by Crippen LogP contribution is 2.30. The predicted molar refractivity (Wildman–Crippen MR) is 69.9 cm³/mol. The quantitative estimate of drug-likeness (QED) is 0.827. The lowest BCUT2D eigenvalue weighted by Gasteiger charge is -2.27. The number of esters is 1. The van der Waals surface area contributed by atoms with Crippen LogP contribution in [0.5, 0.6) is 0 Å². The fourth-order valence-corrected chi connectivity index (χ4v) is 2.61. The lowest BCUT2D eigenvalue weighted by atomic mass is 10.1. The third-order valence-corrected chi connectivity index (χ3v) is 3.46. The summed E-state index contributed by atoms with van der Waals surface area (Å²) in [5.41, 5.74) is 1.52. The Balaban J connectivity index is 2.29. The second kappa shape index (κ2) is 5.87. The van der Waals surface area contributed by atoms with Gasteiger partial charge in [-0.15, -0.1) is 0 Å². The molecule has 1 aromatic carbocycles. The van der Waals surface area contributed by atoms with Crippen molar-refractivity contribution < 1.29 is 14.6 Å². The molecule has 1 fully saturated rings. The Morgan fingerprint density at radius 3 is 3.00 bits per heavy atom. The number of benzene rings is 1. The molecule has 18 heavy (non-hydrogen) atoms. The molecule has 0 aromatic heterocycles. The zero-order valence-corrected chi connectivity index (χ0v) is 10.6. The summed E-state index contributed by atoms with van der Waals surface area (Å²) in [4.78, 5) is 14.0. The summed E-state index contributed by atoms with van der Waals surface area (Å²) in [6.07, 6.45) is 2.91. The Morgan fingerprint density at radius 2 is 2.28 bits per heavy atom. The first-order chi connectivity index (χ1) is 8.77. The van der Waals surface area contributed by atoms with E-state index in [0.29, 0.717) is 11.6 Å². The molecule has 2 rings (SSSR count). The molecular formula is C14H19NO3. The molecule has 1 N–H and O–H groups in total. The second-order valence-electron chi connectivity index (χ2n) is 4.51. The van der Waals surface area contributed by atoms with Gasteiger partial charge in [-0.25, -0.2) is 4.79 Å². The van der Waals surface area contributed by atoms with Crippen molar-refractivity contribution in [2.24, 2.45) is 0 Å². The summed E-state index contributed by atoms with van der Waals surface area (Å²) in [6, 6.07) is 7.82. The molecule has 1 heterocycles. The number of carbonyl (C=O) groups excluding carboxylic acids is 1. The first kappa shape index (κ1) is 12.9. The van der Waals surface area contributed by atoms with Crippen LogP contribution in [0.1, 0.15) is 29.6 Å². The average molecular weight is 249 g/mol. The molecular weight excluding hydrogens is 230 g/mol. The van der Waals surface area contributed by atoms with E-state index < -0.39 is 0 Å². The van der Waals surface area contributed by atoms with E-state index in [1.54, 1.807) is 6.07 Å². The van der Waals surface area contributed by atoms with Crippen LogP contribution in [0.4, 0.5) is 5.69 Å². The van der Waals surface area contributed by atoms with Crippen molar-refractivity contribution in [3.05, 3.63) is 29.8 Å². The Kier molecular flexibility index (Phi) is 4.20. The summed E-state index contributed by atoms with van der Waals surface area (Å²) in [5, 5.41) is 9.10. The van der Waals surface area contributed by atoms with E-state index in [4.69, 9.17) is 9.84 Å². The van der Waals surface area contributed by atoms with Crippen molar-refractivity contribution in [3.63, 3.8) is 0 Å². The van der Waals surface area contributed by atoms with E-state index in [-0.39, 0.29) is 12.6 Å². The van der Waals surface area contributed by atoms with Crippen LogP contribution in [0, 0.1) is 0 Å². The molecule has 4 heteroatoms. The van der Waals surface area contributed by atoms with E-state index in [2.05, 4.69) is 4.90 Å². The fraction of sp³-hybridized carbons (Fsp3) is 0.500. The number of hydrogen-bond donors (Lipinski definition) is 1. The average Bonchev–Trinajstić information content (AvgIpc) is 2.86. The summed E-state index contributed by atoms with van der Waals surface area (Å²) >= 11 is 0. The molecule has 0 aliphatic carbocycles. The van der Waals surface area contributed by atoms with Gasteiger partial charge in [0.2, 0.25) is 0 Å². The number of hydrogen-bond acceptors (Lipinski definition) is 4. The van der Waals surface area contributed by atoms with Gasteiger partial charge in [-0.1, -0.05) is 12.1 Å². The number of nitrogens with zero attached hydrogens (tertiary/aromatic N) is 1. The van der Waals surface area contributed by atoms with E-state index in [1.807, 2.05) is 18.2 Å². The van der Waals surface area contributed by atoms with Crippen molar-refractivity contribution in [2.45, 2.75) is 25.3 Å². The predicted octanol–water partition coefficient (Wildman–Crippen LogP) is 1.82. The van der Waals surface area contributed by atoms with Crippen LogP contribution in [0.25, 0.3) is 0 Å². The van der Waals surface area contributed by atoms with Gasteiger partial charge in [0.1, 0.15) is 0 Å². The number of rotatable bonds is 4. The van der Waals surface area contributed by atoms with Crippen molar-refractivity contribution in [1.82, 2.24) is 0 Å². The highest BCUT2D eigenvalue weighted by molar-refractivity contribution is 5.95. The molecule has 0 bridgehead atoms. The van der Waals surface area contributed by atoms with E-state index in [9.17, 15) is 4.79 Å². The third kappa shape index (κ3) is 2.48. The molecule has 0 amide bonds. The Bertz CT molecular complexity index is 419. The van der Waals surface area contributed by atoms with E-state index in [0.717, 1.165) is 31.5 Å². The summed E-state index contributed by atoms with van der Waals surface area (Å²) in [5.74, 6) is -0.305. The zero-order valence-electron chi connectivity index (χ0n) is 10.6. The Labute approximate surface area is 107 Å². The number of aliphatic hydroxyl groups excluding tert-OH is 1. The van der Waals surface area contributed by atoms with Gasteiger partial charge in [-0.05, 0) is 31.4 Å². The van der Waals surface area contributed by atoms with Gasteiger partial charge in [0.15, 0.2) is 0 Å². The fourth-order valence-electron chi connectivity index (χ4n) is 2.61. The first-order valence-electron chi connectivity index (χ1n) is 6.32. The lowest BCUT2D eigenvalue weighted by Crippen LogP contribution is -2.31. The maximum Gasteiger partial charge on any atom is 0.339 e. The van der Waals surface area contributed by atoms with Crippen molar-refractivity contribution in [3.8, 4) is 0 Å². The third-order valence-electron chi connectivity index (χ3n) is 3.46. The molecule has 1 aliphatic heterocycles. The minimum Gasteiger partial charge on any atom is -0.465 e. The van der Waals surface area contributed by atoms with Gasteiger partial charge in [-0.3, -0.25) is 0 Å². The van der Waals surface area contributed by atoms with Crippen molar-refractivity contribution in [1.29, 1.82) is 0 Å². The summed E-state index contributed by atoms with van der Waals surface area (Å²) in [6.45, 7) is 1.11. The molecule has 98 valence electrons. The highest BCUT2D eigenvalue weighted by Gasteiger charge is 2.27. The van der Waals surface area contributed by atoms with Crippen LogP contribution in [-0.4, -0.2) is 37.4 Å². The SMILES string of the molecule is COC(=O)c1ccccc1N1CCCC1CCO. The number of methoxy groups -OCH3 is 1. The van der Waals surface area contributed by atoms with Crippen LogP contribution >= 0.6 is 0 Å². The largest absolute Gasteiger partial charge is 0.465 e. The van der Waals surface area contributed by atoms with Crippen LogP contribution in [0.15, 0.2) is 24.3 Å². The molecule has 1 unspecified atom stereocenters. The smallest absolute Gasteiger partial charge is 0.339 e. The van der Waals surface area contributed by atoms with Gasteiger partial charge in [0, 0.05) is 19.2 Å². The number of para-hydroxylation sites is 1. The van der Waals surface area contributed by atoms with Gasteiger partial charge in [-0.2, -0.15) is 0 Å². The minimum atomic E-state index is -0.305. The topological polar surface area (TPSA) is 49.8 Å². The maximum absolute atomic E-state index is 11.8. The van der Waals surface area contributed by atoms with Crippen molar-refractivity contribution >= 4 is 11.7 Å². The van der Waals surface area contributed by atoms with Crippen LogP contribution in [0.3, 0.4) is 0 Å². The zero-order chi connectivity index (χ0) is 13.0. The first-order valence-corrected chi connectivity index (χ1v) is 6.32. The van der Waals surface area contributed by atoms with E-state index in [1.165, 1.54) is 7.11 Å². The molecule has 0 radical (unpaired) electrons. The molecule has 0 spiro atoms. The molecule has 1 aliphatic rings. The standard InChI is InChI=1S/C14H19NO3/c1-18-14(17)12-6-2-3-7-13(12)15-9-4-5-11(15)8-10-16/h2-3,6-7,11,16H,4-5,8-10H2,1H3. The second-order valence-corrected chi connectivity index (χ2v) is 4.51. The number of carbonyl (C=O) groups is 1. The molecule has 0 saturated carbocycles. The van der Waals surface area contributed by atoms with Crippen LogP contribution in [-0.2, 0) is 4.74 Å². The maximum atomic E-state index is 11.8. The summed E-state index contributed by atoms with van der Waals surface area (Å²) in [7, 11) is 1.40. The van der Waals surface area contributed by atoms with Crippen molar-refractivity contribution in [2.75, 3.05) is 25.2 Å². The molecule has 4 nitrogen and oxygen atoms in total. The highest BCUT2D eigenvalue weighted by atomic mass is 16.5. The molecule has 1 aromatic rings. The molecule has 1 atom stereocenters. The van der Waals surface area contributed by atoms with Gasteiger partial charge in [0.05, 0.1) is 18.4 Å². The Hall–Kier alpha value is -1.55. The van der Waals surface area contributed by atoms with E-state index >= 15 is 0 Å². The summed E-state index contributed by atoms with van der Waals surface area (Å²) < 4.78 is 4.82. The number of anilines is 1. The van der Waals surface area contributed by atoms with Gasteiger partial charge >= 0.3 is 5.97 Å². The van der Waals surface area contributed by atoms with Gasteiger partial charge in [0.25, 0.3) is 0 Å². The van der Waals surface area contributed by atoms with Crippen LogP contribution in [0.2, 0.25) is 0 Å². The minimum absolute atomic E-state index is 0.182. The molecule has 1 saturated heterocycles. The van der Waals surface area contributed by atoms with Gasteiger partial charge < -0.3 is 14.7 Å². The monoisotopic (exact) mass is 249 g/mol. The van der Waals surface area contributed by atoms with Crippen LogP contribution < -0.4 is 4.90 Å². The number of ether oxygens (including phenoxy) is 1.